The molecule has 1 aliphatic rings. The summed E-state index contributed by atoms with van der Waals surface area (Å²) in [4.78, 5) is 12.8. The number of carbonyl (C=O) groups excluding carboxylic acids is 1. The van der Waals surface area contributed by atoms with E-state index in [0.717, 1.165) is 49.0 Å². The molecule has 3 rings (SSSR count). The summed E-state index contributed by atoms with van der Waals surface area (Å²) in [5.74, 6) is 0.453. The number of benzene rings is 2. The molecule has 0 aliphatic carbocycles. The van der Waals surface area contributed by atoms with Gasteiger partial charge in [0.15, 0.2) is 0 Å². The van der Waals surface area contributed by atoms with Gasteiger partial charge in [-0.25, -0.2) is 4.39 Å². The summed E-state index contributed by atoms with van der Waals surface area (Å²) in [6, 6.07) is 14.2. The van der Waals surface area contributed by atoms with Crippen LogP contribution in [0.3, 0.4) is 0 Å². The maximum absolute atomic E-state index is 13.0. The summed E-state index contributed by atoms with van der Waals surface area (Å²) in [6.45, 7) is 8.09. The molecule has 1 aliphatic heterocycles. The van der Waals surface area contributed by atoms with Gasteiger partial charge in [-0.3, -0.25) is 4.79 Å². The summed E-state index contributed by atoms with van der Waals surface area (Å²) in [6.07, 6.45) is 2.95. The first-order valence-electron chi connectivity index (χ1n) is 11.2. The van der Waals surface area contributed by atoms with Crippen LogP contribution in [0.1, 0.15) is 68.6 Å². The fraction of sp³-hybridized carbons (Fsp3) is 0.500. The molecule has 0 aromatic heterocycles. The minimum Gasteiger partial charge on any atom is -0.466 e. The first-order chi connectivity index (χ1) is 14.5. The standard InChI is InChI=1S/C26H34FNO2/c1-4-30-26(29)25(13-18(2)3)24-15-22(20-7-5-19(17-27)6-8-20)14-23(16-24)21-9-11-28-12-10-21/h5-8,14-16,18,21,25,28H,4,9-13,17H2,1-3H3. The molecular formula is C26H34FNO2. The lowest BCUT2D eigenvalue weighted by atomic mass is 9.83. The molecule has 1 unspecified atom stereocenters. The van der Waals surface area contributed by atoms with Crippen LogP contribution in [0.2, 0.25) is 0 Å². The van der Waals surface area contributed by atoms with Crippen LogP contribution in [0.4, 0.5) is 4.39 Å². The number of carbonyl (C=O) groups is 1. The number of rotatable bonds is 8. The van der Waals surface area contributed by atoms with Gasteiger partial charge in [0, 0.05) is 0 Å². The van der Waals surface area contributed by atoms with Crippen molar-refractivity contribution in [1.29, 1.82) is 0 Å². The van der Waals surface area contributed by atoms with Crippen molar-refractivity contribution in [2.24, 2.45) is 5.92 Å². The molecule has 1 heterocycles. The van der Waals surface area contributed by atoms with Gasteiger partial charge in [0.25, 0.3) is 0 Å². The zero-order valence-electron chi connectivity index (χ0n) is 18.4. The van der Waals surface area contributed by atoms with Crippen LogP contribution in [0.15, 0.2) is 42.5 Å². The first kappa shape index (κ1) is 22.5. The highest BCUT2D eigenvalue weighted by molar-refractivity contribution is 5.79. The number of hydrogen-bond acceptors (Lipinski definition) is 3. The minimum absolute atomic E-state index is 0.146. The van der Waals surface area contributed by atoms with Gasteiger partial charge in [0.05, 0.1) is 12.5 Å². The van der Waals surface area contributed by atoms with E-state index in [1.165, 1.54) is 5.56 Å². The first-order valence-corrected chi connectivity index (χ1v) is 11.2. The molecule has 0 bridgehead atoms. The normalized spacial score (nSPS) is 15.9. The van der Waals surface area contributed by atoms with Crippen molar-refractivity contribution in [1.82, 2.24) is 5.32 Å². The Labute approximate surface area is 180 Å². The molecular weight excluding hydrogens is 377 g/mol. The maximum Gasteiger partial charge on any atom is 0.313 e. The zero-order valence-corrected chi connectivity index (χ0v) is 18.4. The predicted molar refractivity (Wildman–Crippen MR) is 120 cm³/mol. The fourth-order valence-corrected chi connectivity index (χ4v) is 4.30. The third-order valence-electron chi connectivity index (χ3n) is 5.91. The summed E-state index contributed by atoms with van der Waals surface area (Å²) in [5, 5.41) is 3.43. The topological polar surface area (TPSA) is 38.3 Å². The number of esters is 1. The smallest absolute Gasteiger partial charge is 0.313 e. The molecule has 1 atom stereocenters. The minimum atomic E-state index is -0.458. The quantitative estimate of drug-likeness (QED) is 0.543. The van der Waals surface area contributed by atoms with Gasteiger partial charge in [-0.1, -0.05) is 56.3 Å². The van der Waals surface area contributed by atoms with Crippen LogP contribution in [-0.4, -0.2) is 25.7 Å². The number of halogens is 1. The number of hydrogen-bond donors (Lipinski definition) is 1. The van der Waals surface area contributed by atoms with E-state index in [0.29, 0.717) is 24.0 Å². The lowest BCUT2D eigenvalue weighted by molar-refractivity contribution is -0.145. The predicted octanol–water partition coefficient (Wildman–Crippen LogP) is 5.98. The summed E-state index contributed by atoms with van der Waals surface area (Å²) in [7, 11) is 0. The monoisotopic (exact) mass is 411 g/mol. The van der Waals surface area contributed by atoms with E-state index in [1.807, 2.05) is 31.2 Å². The highest BCUT2D eigenvalue weighted by Crippen LogP contribution is 2.35. The van der Waals surface area contributed by atoms with Crippen molar-refractivity contribution in [3.8, 4) is 11.1 Å². The average molecular weight is 412 g/mol. The molecule has 0 radical (unpaired) electrons. The molecule has 2 aromatic carbocycles. The summed E-state index contributed by atoms with van der Waals surface area (Å²) < 4.78 is 18.4. The van der Waals surface area contributed by atoms with Gasteiger partial charge in [-0.05, 0) is 78.9 Å². The maximum atomic E-state index is 13.0. The number of ether oxygens (including phenoxy) is 1. The van der Waals surface area contributed by atoms with Gasteiger partial charge in [0.2, 0.25) is 0 Å². The second-order valence-corrected chi connectivity index (χ2v) is 8.68. The molecule has 4 heteroatoms. The Morgan fingerprint density at radius 2 is 1.80 bits per heavy atom. The highest BCUT2D eigenvalue weighted by Gasteiger charge is 2.26. The molecule has 3 nitrogen and oxygen atoms in total. The SMILES string of the molecule is CCOC(=O)C(CC(C)C)c1cc(-c2ccc(CF)cc2)cc(C2CCNCC2)c1. The molecule has 162 valence electrons. The molecule has 1 N–H and O–H groups in total. The highest BCUT2D eigenvalue weighted by atomic mass is 19.1. The molecule has 0 amide bonds. The second kappa shape index (κ2) is 10.7. The van der Waals surface area contributed by atoms with Gasteiger partial charge >= 0.3 is 5.97 Å². The van der Waals surface area contributed by atoms with Gasteiger partial charge in [-0.2, -0.15) is 0 Å². The van der Waals surface area contributed by atoms with Crippen LogP contribution in [-0.2, 0) is 16.2 Å². The molecule has 0 spiro atoms. The summed E-state index contributed by atoms with van der Waals surface area (Å²) >= 11 is 0. The van der Waals surface area contributed by atoms with Gasteiger partial charge < -0.3 is 10.1 Å². The van der Waals surface area contributed by atoms with Gasteiger partial charge in [-0.15, -0.1) is 0 Å². The fourth-order valence-electron chi connectivity index (χ4n) is 4.30. The van der Waals surface area contributed by atoms with E-state index >= 15 is 0 Å². The van der Waals surface area contributed by atoms with Crippen LogP contribution >= 0.6 is 0 Å². The van der Waals surface area contributed by atoms with E-state index in [-0.39, 0.29) is 11.9 Å². The Morgan fingerprint density at radius 3 is 2.40 bits per heavy atom. The number of alkyl halides is 1. The van der Waals surface area contributed by atoms with Crippen molar-refractivity contribution in [3.05, 3.63) is 59.2 Å². The van der Waals surface area contributed by atoms with Crippen LogP contribution in [0.25, 0.3) is 11.1 Å². The van der Waals surface area contributed by atoms with E-state index in [4.69, 9.17) is 4.74 Å². The van der Waals surface area contributed by atoms with Crippen LogP contribution in [0, 0.1) is 5.92 Å². The molecule has 0 saturated carbocycles. The lowest BCUT2D eigenvalue weighted by Gasteiger charge is -2.26. The largest absolute Gasteiger partial charge is 0.466 e. The average Bonchev–Trinajstić information content (AvgIpc) is 2.78. The Hall–Kier alpha value is -2.20. The van der Waals surface area contributed by atoms with Crippen molar-refractivity contribution >= 4 is 5.97 Å². The zero-order chi connectivity index (χ0) is 21.5. The lowest BCUT2D eigenvalue weighted by Crippen LogP contribution is -2.27. The van der Waals surface area contributed by atoms with E-state index < -0.39 is 6.67 Å². The molecule has 30 heavy (non-hydrogen) atoms. The third kappa shape index (κ3) is 5.69. The molecule has 1 fully saturated rings. The van der Waals surface area contributed by atoms with Crippen molar-refractivity contribution in [3.63, 3.8) is 0 Å². The van der Waals surface area contributed by atoms with E-state index in [1.54, 1.807) is 0 Å². The van der Waals surface area contributed by atoms with E-state index in [9.17, 15) is 9.18 Å². The third-order valence-corrected chi connectivity index (χ3v) is 5.91. The summed E-state index contributed by atoms with van der Waals surface area (Å²) in [5.41, 5.74) is 5.14. The number of nitrogens with one attached hydrogen (secondary N) is 1. The van der Waals surface area contributed by atoms with Gasteiger partial charge in [0.1, 0.15) is 6.67 Å². The number of piperidine rings is 1. The second-order valence-electron chi connectivity index (χ2n) is 8.68. The van der Waals surface area contributed by atoms with Crippen LogP contribution in [0.5, 0.6) is 0 Å². The Kier molecular flexibility index (Phi) is 8.03. The Morgan fingerprint density at radius 1 is 1.10 bits per heavy atom. The van der Waals surface area contributed by atoms with Crippen molar-refractivity contribution in [2.75, 3.05) is 19.7 Å². The molecule has 1 saturated heterocycles. The van der Waals surface area contributed by atoms with Crippen LogP contribution < -0.4 is 5.32 Å². The van der Waals surface area contributed by atoms with Crippen molar-refractivity contribution < 1.29 is 13.9 Å². The van der Waals surface area contributed by atoms with Crippen molar-refractivity contribution in [2.45, 2.75) is 58.5 Å². The molecule has 2 aromatic rings. The Bertz CT molecular complexity index is 825. The van der Waals surface area contributed by atoms with E-state index in [2.05, 4.69) is 37.4 Å². The Balaban J connectivity index is 2.05.